The molecule has 1 aromatic rings. The zero-order chi connectivity index (χ0) is 18.7. The summed E-state index contributed by atoms with van der Waals surface area (Å²) in [6.07, 6.45) is -3.30. The molecular formula is C18H25F3N4O. The summed E-state index contributed by atoms with van der Waals surface area (Å²) in [7, 11) is 1.69. The third-order valence-electron chi connectivity index (χ3n) is 5.05. The number of benzene rings is 1. The molecule has 144 valence electrons. The zero-order valence-electron chi connectivity index (χ0n) is 15.1. The van der Waals surface area contributed by atoms with E-state index in [1.165, 1.54) is 17.4 Å². The van der Waals surface area contributed by atoms with Gasteiger partial charge in [0.25, 0.3) is 0 Å². The molecule has 1 saturated heterocycles. The molecule has 1 fully saturated rings. The van der Waals surface area contributed by atoms with Gasteiger partial charge in [0, 0.05) is 39.6 Å². The maximum absolute atomic E-state index is 12.9. The van der Waals surface area contributed by atoms with Crippen LogP contribution in [0.2, 0.25) is 0 Å². The van der Waals surface area contributed by atoms with Crippen molar-refractivity contribution in [3.8, 4) is 5.75 Å². The van der Waals surface area contributed by atoms with Crippen LogP contribution in [0, 0.1) is 0 Å². The Kier molecular flexibility index (Phi) is 5.60. The molecule has 2 atom stereocenters. The van der Waals surface area contributed by atoms with Gasteiger partial charge in [-0.25, -0.2) is 0 Å². The van der Waals surface area contributed by atoms with Crippen molar-refractivity contribution in [1.82, 2.24) is 15.1 Å². The van der Waals surface area contributed by atoms with Crippen molar-refractivity contribution in [2.45, 2.75) is 31.7 Å². The molecule has 0 aliphatic carbocycles. The fourth-order valence-corrected chi connectivity index (χ4v) is 3.43. The lowest BCUT2D eigenvalue weighted by Gasteiger charge is -2.39. The number of aliphatic imine (C=N–C) groups is 1. The number of hydrogen-bond acceptors (Lipinski definition) is 3. The van der Waals surface area contributed by atoms with Gasteiger partial charge in [0.1, 0.15) is 17.9 Å². The summed E-state index contributed by atoms with van der Waals surface area (Å²) in [5.74, 6) is 1.63. The lowest BCUT2D eigenvalue weighted by molar-refractivity contribution is -0.181. The molecule has 2 unspecified atom stereocenters. The van der Waals surface area contributed by atoms with Crippen molar-refractivity contribution in [2.24, 2.45) is 4.99 Å². The molecule has 8 heteroatoms. The number of nitrogens with one attached hydrogen (secondary N) is 1. The number of hydrogen-bond donors (Lipinski definition) is 1. The van der Waals surface area contributed by atoms with E-state index in [1.54, 1.807) is 7.05 Å². The molecule has 3 rings (SSSR count). The van der Waals surface area contributed by atoms with Gasteiger partial charge < -0.3 is 15.0 Å². The number of rotatable bonds is 3. The van der Waals surface area contributed by atoms with Crippen LogP contribution >= 0.6 is 0 Å². The van der Waals surface area contributed by atoms with Gasteiger partial charge in [-0.3, -0.25) is 9.89 Å². The third kappa shape index (κ3) is 4.23. The first-order valence-corrected chi connectivity index (χ1v) is 8.89. The number of fused-ring (bicyclic) bond motifs is 1. The standard InChI is InChI=1S/C18H25F3N4O/c1-13(18(19,20)21)24-7-9-25(10-8-24)17(22-2)23-12-15-11-14-5-3-4-6-16(14)26-15/h3-6,13,15H,7-12H2,1-2H3,(H,22,23). The van der Waals surface area contributed by atoms with Crippen molar-refractivity contribution in [3.05, 3.63) is 29.8 Å². The van der Waals surface area contributed by atoms with Crippen molar-refractivity contribution >= 4 is 5.96 Å². The molecule has 0 radical (unpaired) electrons. The Morgan fingerprint density at radius 1 is 1.27 bits per heavy atom. The van der Waals surface area contributed by atoms with Crippen LogP contribution in [0.1, 0.15) is 12.5 Å². The quantitative estimate of drug-likeness (QED) is 0.654. The molecule has 1 aromatic carbocycles. The Labute approximate surface area is 151 Å². The summed E-state index contributed by atoms with van der Waals surface area (Å²) >= 11 is 0. The van der Waals surface area contributed by atoms with Crippen LogP contribution in [0.3, 0.4) is 0 Å². The van der Waals surface area contributed by atoms with Crippen molar-refractivity contribution in [3.63, 3.8) is 0 Å². The Morgan fingerprint density at radius 2 is 1.96 bits per heavy atom. The van der Waals surface area contributed by atoms with E-state index < -0.39 is 12.2 Å². The van der Waals surface area contributed by atoms with Gasteiger partial charge in [0.05, 0.1) is 6.54 Å². The van der Waals surface area contributed by atoms with E-state index in [2.05, 4.69) is 16.4 Å². The van der Waals surface area contributed by atoms with Crippen LogP contribution in [0.5, 0.6) is 5.75 Å². The van der Waals surface area contributed by atoms with Crippen molar-refractivity contribution in [1.29, 1.82) is 0 Å². The Bertz CT molecular complexity index is 617. The van der Waals surface area contributed by atoms with Crippen LogP contribution in [-0.2, 0) is 6.42 Å². The number of guanidine groups is 1. The van der Waals surface area contributed by atoms with E-state index in [0.29, 0.717) is 38.7 Å². The first-order valence-electron chi connectivity index (χ1n) is 8.89. The van der Waals surface area contributed by atoms with E-state index in [1.807, 2.05) is 23.1 Å². The summed E-state index contributed by atoms with van der Waals surface area (Å²) in [5, 5.41) is 3.30. The highest BCUT2D eigenvalue weighted by Crippen LogP contribution is 2.28. The summed E-state index contributed by atoms with van der Waals surface area (Å²) in [4.78, 5) is 7.75. The molecule has 0 saturated carbocycles. The van der Waals surface area contributed by atoms with Crippen LogP contribution < -0.4 is 10.1 Å². The molecule has 0 spiro atoms. The molecule has 26 heavy (non-hydrogen) atoms. The van der Waals surface area contributed by atoms with Crippen molar-refractivity contribution in [2.75, 3.05) is 39.8 Å². The number of para-hydroxylation sites is 1. The minimum atomic E-state index is -4.18. The minimum absolute atomic E-state index is 0.0377. The van der Waals surface area contributed by atoms with E-state index in [4.69, 9.17) is 4.74 Å². The van der Waals surface area contributed by atoms with Gasteiger partial charge in [-0.15, -0.1) is 0 Å². The van der Waals surface area contributed by atoms with Gasteiger partial charge in [-0.1, -0.05) is 18.2 Å². The fraction of sp³-hybridized carbons (Fsp3) is 0.611. The van der Waals surface area contributed by atoms with Gasteiger partial charge in [0.15, 0.2) is 5.96 Å². The largest absolute Gasteiger partial charge is 0.488 e. The molecule has 2 aliphatic heterocycles. The normalized spacial score (nSPS) is 22.7. The second-order valence-electron chi connectivity index (χ2n) is 6.72. The molecule has 2 aliphatic rings. The van der Waals surface area contributed by atoms with Gasteiger partial charge in [-0.05, 0) is 18.6 Å². The number of alkyl halides is 3. The summed E-state index contributed by atoms with van der Waals surface area (Å²) in [6.45, 7) is 3.61. The molecule has 0 aromatic heterocycles. The van der Waals surface area contributed by atoms with E-state index in [9.17, 15) is 13.2 Å². The van der Waals surface area contributed by atoms with E-state index in [-0.39, 0.29) is 6.10 Å². The SMILES string of the molecule is CN=C(NCC1Cc2ccccc2O1)N1CCN(C(C)C(F)(F)F)CC1. The summed E-state index contributed by atoms with van der Waals surface area (Å²) < 4.78 is 44.5. The highest BCUT2D eigenvalue weighted by molar-refractivity contribution is 5.80. The lowest BCUT2D eigenvalue weighted by Crippen LogP contribution is -2.57. The number of ether oxygens (including phenoxy) is 1. The lowest BCUT2D eigenvalue weighted by atomic mass is 10.1. The average molecular weight is 370 g/mol. The van der Waals surface area contributed by atoms with Gasteiger partial charge >= 0.3 is 6.18 Å². The van der Waals surface area contributed by atoms with Crippen LogP contribution in [-0.4, -0.2) is 73.9 Å². The number of piperazine rings is 1. The summed E-state index contributed by atoms with van der Waals surface area (Å²) in [5.41, 5.74) is 1.20. The second kappa shape index (κ2) is 7.73. The maximum Gasteiger partial charge on any atom is 0.403 e. The fourth-order valence-electron chi connectivity index (χ4n) is 3.43. The smallest absolute Gasteiger partial charge is 0.403 e. The number of halogens is 3. The highest BCUT2D eigenvalue weighted by atomic mass is 19.4. The first kappa shape index (κ1) is 18.8. The van der Waals surface area contributed by atoms with E-state index in [0.717, 1.165) is 12.2 Å². The number of nitrogens with zero attached hydrogens (tertiary/aromatic N) is 3. The van der Waals surface area contributed by atoms with Crippen LogP contribution in [0.25, 0.3) is 0 Å². The Hall–Kier alpha value is -1.96. The Morgan fingerprint density at radius 3 is 2.58 bits per heavy atom. The molecule has 2 heterocycles. The molecule has 0 amide bonds. The van der Waals surface area contributed by atoms with Gasteiger partial charge in [0.2, 0.25) is 0 Å². The third-order valence-corrected chi connectivity index (χ3v) is 5.05. The second-order valence-corrected chi connectivity index (χ2v) is 6.72. The zero-order valence-corrected chi connectivity index (χ0v) is 15.1. The van der Waals surface area contributed by atoms with Crippen LogP contribution in [0.4, 0.5) is 13.2 Å². The predicted octanol–water partition coefficient (Wildman–Crippen LogP) is 2.13. The van der Waals surface area contributed by atoms with E-state index >= 15 is 0 Å². The molecule has 1 N–H and O–H groups in total. The van der Waals surface area contributed by atoms with Crippen LogP contribution in [0.15, 0.2) is 29.3 Å². The summed E-state index contributed by atoms with van der Waals surface area (Å²) in [6, 6.07) is 6.56. The molecule has 0 bridgehead atoms. The van der Waals surface area contributed by atoms with Gasteiger partial charge in [-0.2, -0.15) is 13.2 Å². The minimum Gasteiger partial charge on any atom is -0.488 e. The maximum atomic E-state index is 12.9. The molecular weight excluding hydrogens is 345 g/mol. The van der Waals surface area contributed by atoms with Crippen molar-refractivity contribution < 1.29 is 17.9 Å². The predicted molar refractivity (Wildman–Crippen MR) is 94.6 cm³/mol. The molecule has 5 nitrogen and oxygen atoms in total. The highest BCUT2D eigenvalue weighted by Gasteiger charge is 2.41. The monoisotopic (exact) mass is 370 g/mol. The topological polar surface area (TPSA) is 40.1 Å². The first-order chi connectivity index (χ1) is 12.4. The Balaban J connectivity index is 1.47. The average Bonchev–Trinajstić information content (AvgIpc) is 3.04.